The molecular weight excluding hydrogens is 444 g/mol. The van der Waals surface area contributed by atoms with Gasteiger partial charge in [-0.15, -0.1) is 0 Å². The highest BCUT2D eigenvalue weighted by molar-refractivity contribution is 6.01. The highest BCUT2D eigenvalue weighted by Crippen LogP contribution is 2.26. The molecule has 34 heavy (non-hydrogen) atoms. The van der Waals surface area contributed by atoms with Crippen LogP contribution in [-0.4, -0.2) is 48.3 Å². The van der Waals surface area contributed by atoms with Gasteiger partial charge in [0.2, 0.25) is 5.91 Å². The van der Waals surface area contributed by atoms with Gasteiger partial charge < -0.3 is 14.4 Å². The number of nitro benzene ring substituents is 1. The van der Waals surface area contributed by atoms with Gasteiger partial charge in [-0.2, -0.15) is 0 Å². The van der Waals surface area contributed by atoms with E-state index in [9.17, 15) is 29.3 Å². The minimum atomic E-state index is -0.740. The molecule has 178 valence electrons. The van der Waals surface area contributed by atoms with E-state index in [1.54, 1.807) is 24.3 Å². The number of non-ortho nitro benzene ring substituents is 1. The second-order valence-corrected chi connectivity index (χ2v) is 7.78. The molecule has 0 bridgehead atoms. The van der Waals surface area contributed by atoms with Crippen molar-refractivity contribution < 1.29 is 33.6 Å². The number of carbonyl (C=O) groups excluding carboxylic acids is 4. The van der Waals surface area contributed by atoms with Gasteiger partial charge in [-0.1, -0.05) is 13.3 Å². The fraction of sp³-hybridized carbons (Fsp3) is 0.333. The molecule has 2 aromatic carbocycles. The Morgan fingerprint density at radius 3 is 2.29 bits per heavy atom. The summed E-state index contributed by atoms with van der Waals surface area (Å²) < 4.78 is 10.2. The maximum Gasteiger partial charge on any atom is 0.338 e. The van der Waals surface area contributed by atoms with Crippen molar-refractivity contribution in [2.45, 2.75) is 26.2 Å². The summed E-state index contributed by atoms with van der Waals surface area (Å²) in [4.78, 5) is 60.6. The molecule has 0 radical (unpaired) electrons. The predicted molar refractivity (Wildman–Crippen MR) is 120 cm³/mol. The van der Waals surface area contributed by atoms with Crippen LogP contribution in [0.4, 0.5) is 11.4 Å². The van der Waals surface area contributed by atoms with E-state index in [4.69, 9.17) is 9.47 Å². The molecule has 0 N–H and O–H groups in total. The summed E-state index contributed by atoms with van der Waals surface area (Å²) in [6.45, 7) is 1.90. The molecule has 1 aliphatic rings. The summed E-state index contributed by atoms with van der Waals surface area (Å²) in [5.74, 6) is -2.64. The topological polar surface area (TPSA) is 133 Å². The minimum absolute atomic E-state index is 0.0641. The molecule has 1 atom stereocenters. The molecule has 10 nitrogen and oxygen atoms in total. The van der Waals surface area contributed by atoms with Crippen molar-refractivity contribution in [2.75, 3.05) is 24.7 Å². The first-order valence-electron chi connectivity index (χ1n) is 10.8. The Labute approximate surface area is 195 Å². The van der Waals surface area contributed by atoms with Crippen LogP contribution in [0, 0.1) is 16.0 Å². The zero-order chi connectivity index (χ0) is 24.7. The lowest BCUT2D eigenvalue weighted by Gasteiger charge is -2.17. The highest BCUT2D eigenvalue weighted by Gasteiger charge is 2.36. The summed E-state index contributed by atoms with van der Waals surface area (Å²) in [5, 5.41) is 10.7. The normalized spacial score (nSPS) is 15.1. The summed E-state index contributed by atoms with van der Waals surface area (Å²) in [6, 6.07) is 11.3. The Bertz CT molecular complexity index is 1080. The number of Topliss-reactive ketones (excluding diaryl/α,β-unsaturated/α-hetero) is 1. The Morgan fingerprint density at radius 2 is 1.68 bits per heavy atom. The molecule has 2 aromatic rings. The lowest BCUT2D eigenvalue weighted by atomic mass is 10.1. The number of nitro groups is 1. The van der Waals surface area contributed by atoms with Gasteiger partial charge in [0.15, 0.2) is 12.4 Å². The lowest BCUT2D eigenvalue weighted by molar-refractivity contribution is -0.384. The first-order chi connectivity index (χ1) is 16.3. The molecule has 0 unspecified atom stereocenters. The summed E-state index contributed by atoms with van der Waals surface area (Å²) in [7, 11) is 0. The number of benzene rings is 2. The number of nitrogens with zero attached hydrogens (tertiary/aromatic N) is 2. The smallest absolute Gasteiger partial charge is 0.338 e. The Morgan fingerprint density at radius 1 is 1.03 bits per heavy atom. The van der Waals surface area contributed by atoms with E-state index >= 15 is 0 Å². The molecule has 0 aromatic heterocycles. The molecule has 1 heterocycles. The molecule has 10 heteroatoms. The maximum atomic E-state index is 12.4. The highest BCUT2D eigenvalue weighted by atomic mass is 16.6. The van der Waals surface area contributed by atoms with Crippen molar-refractivity contribution in [1.82, 2.24) is 0 Å². The molecule has 0 saturated carbocycles. The molecule has 1 amide bonds. The summed E-state index contributed by atoms with van der Waals surface area (Å²) >= 11 is 0. The third-order valence-corrected chi connectivity index (χ3v) is 5.35. The standard InChI is InChI=1S/C24H24N2O8/c1-2-3-12-33-23(29)17-6-8-19(9-7-17)25-14-18(13-22(25)28)24(30)34-15-21(27)16-4-10-20(11-5-16)26(31)32/h4-11,18H,2-3,12-15H2,1H3/t18-/m1/s1. The van der Waals surface area contributed by atoms with E-state index in [0.29, 0.717) is 17.9 Å². The quantitative estimate of drug-likeness (QED) is 0.170. The SMILES string of the molecule is CCCCOC(=O)c1ccc(N2C[C@H](C(=O)OCC(=O)c3ccc([N+](=O)[O-])cc3)CC2=O)cc1. The van der Waals surface area contributed by atoms with E-state index < -0.39 is 35.2 Å². The first kappa shape index (κ1) is 24.6. The van der Waals surface area contributed by atoms with Crippen molar-refractivity contribution in [3.63, 3.8) is 0 Å². The Kier molecular flexibility index (Phi) is 8.07. The van der Waals surface area contributed by atoms with Crippen molar-refractivity contribution >= 4 is 35.0 Å². The van der Waals surface area contributed by atoms with Crippen LogP contribution in [0.15, 0.2) is 48.5 Å². The molecular formula is C24H24N2O8. The fourth-order valence-electron chi connectivity index (χ4n) is 3.39. The van der Waals surface area contributed by atoms with Crippen LogP contribution in [0.1, 0.15) is 46.9 Å². The molecule has 1 aliphatic heterocycles. The van der Waals surface area contributed by atoms with E-state index in [2.05, 4.69) is 0 Å². The van der Waals surface area contributed by atoms with Crippen LogP contribution in [-0.2, 0) is 19.1 Å². The molecule has 3 rings (SSSR count). The molecule has 0 spiro atoms. The number of ether oxygens (including phenoxy) is 2. The summed E-state index contributed by atoms with van der Waals surface area (Å²) in [6.07, 6.45) is 1.63. The van der Waals surface area contributed by atoms with E-state index in [-0.39, 0.29) is 30.1 Å². The van der Waals surface area contributed by atoms with Gasteiger partial charge in [-0.3, -0.25) is 24.5 Å². The number of carbonyl (C=O) groups is 4. The van der Waals surface area contributed by atoms with Crippen LogP contribution in [0.25, 0.3) is 0 Å². The van der Waals surface area contributed by atoms with E-state index in [1.165, 1.54) is 29.2 Å². The van der Waals surface area contributed by atoms with Gasteiger partial charge in [0.1, 0.15) is 0 Å². The van der Waals surface area contributed by atoms with E-state index in [0.717, 1.165) is 12.8 Å². The van der Waals surface area contributed by atoms with Gasteiger partial charge in [0.25, 0.3) is 5.69 Å². The number of hydrogen-bond acceptors (Lipinski definition) is 8. The third kappa shape index (κ3) is 6.03. The number of ketones is 1. The van der Waals surface area contributed by atoms with Crippen molar-refractivity contribution in [1.29, 1.82) is 0 Å². The Hall–Kier alpha value is -4.08. The average Bonchev–Trinajstić information content (AvgIpc) is 3.24. The Balaban J connectivity index is 1.53. The minimum Gasteiger partial charge on any atom is -0.462 e. The number of unbranched alkanes of at least 4 members (excludes halogenated alkanes) is 1. The number of rotatable bonds is 10. The summed E-state index contributed by atoms with van der Waals surface area (Å²) in [5.41, 5.74) is 0.926. The number of hydrogen-bond donors (Lipinski definition) is 0. The van der Waals surface area contributed by atoms with Crippen molar-refractivity contribution in [3.05, 3.63) is 69.8 Å². The molecule has 1 fully saturated rings. The molecule has 1 saturated heterocycles. The van der Waals surface area contributed by atoms with Gasteiger partial charge >= 0.3 is 11.9 Å². The zero-order valence-electron chi connectivity index (χ0n) is 18.6. The van der Waals surface area contributed by atoms with Gasteiger partial charge in [-0.25, -0.2) is 4.79 Å². The first-order valence-corrected chi connectivity index (χ1v) is 10.8. The monoisotopic (exact) mass is 468 g/mol. The number of amides is 1. The largest absolute Gasteiger partial charge is 0.462 e. The van der Waals surface area contributed by atoms with Gasteiger partial charge in [0.05, 0.1) is 23.0 Å². The van der Waals surface area contributed by atoms with Crippen LogP contribution in [0.5, 0.6) is 0 Å². The number of esters is 2. The van der Waals surface area contributed by atoms with Gasteiger partial charge in [-0.05, 0) is 42.8 Å². The average molecular weight is 468 g/mol. The van der Waals surface area contributed by atoms with Crippen LogP contribution in [0.3, 0.4) is 0 Å². The zero-order valence-corrected chi connectivity index (χ0v) is 18.6. The van der Waals surface area contributed by atoms with Crippen LogP contribution < -0.4 is 4.90 Å². The fourth-order valence-corrected chi connectivity index (χ4v) is 3.39. The molecule has 0 aliphatic carbocycles. The van der Waals surface area contributed by atoms with Crippen LogP contribution in [0.2, 0.25) is 0 Å². The van der Waals surface area contributed by atoms with E-state index in [1.807, 2.05) is 6.92 Å². The van der Waals surface area contributed by atoms with Crippen molar-refractivity contribution in [2.24, 2.45) is 5.92 Å². The van der Waals surface area contributed by atoms with Crippen LogP contribution >= 0.6 is 0 Å². The van der Waals surface area contributed by atoms with Crippen molar-refractivity contribution in [3.8, 4) is 0 Å². The lowest BCUT2D eigenvalue weighted by Crippen LogP contribution is -2.27. The number of anilines is 1. The predicted octanol–water partition coefficient (Wildman–Crippen LogP) is 3.33. The third-order valence-electron chi connectivity index (χ3n) is 5.35. The van der Waals surface area contributed by atoms with Gasteiger partial charge in [0, 0.05) is 36.3 Å². The second-order valence-electron chi connectivity index (χ2n) is 7.78. The second kappa shape index (κ2) is 11.2. The maximum absolute atomic E-state index is 12.4.